The summed E-state index contributed by atoms with van der Waals surface area (Å²) in [6.45, 7) is 0.124. The Morgan fingerprint density at radius 2 is 1.78 bits per heavy atom. The summed E-state index contributed by atoms with van der Waals surface area (Å²) < 4.78 is 10.5. The minimum absolute atomic E-state index is 0.139. The lowest BCUT2D eigenvalue weighted by atomic mass is 9.97. The molecular formula is C10H21NO7. The maximum atomic E-state index is 9.66. The largest absolute Gasteiger partial charge is 0.396 e. The SMILES string of the molecule is OCC[C@H]1O[C@H](OCCNCO)[C@@H](O)[C@@H](O)[C@@H]1O. The van der Waals surface area contributed by atoms with E-state index in [-0.39, 0.29) is 26.4 Å². The smallest absolute Gasteiger partial charge is 0.186 e. The summed E-state index contributed by atoms with van der Waals surface area (Å²) in [5.74, 6) is 0. The van der Waals surface area contributed by atoms with Gasteiger partial charge >= 0.3 is 0 Å². The van der Waals surface area contributed by atoms with Gasteiger partial charge in [-0.25, -0.2) is 0 Å². The van der Waals surface area contributed by atoms with E-state index in [9.17, 15) is 15.3 Å². The summed E-state index contributed by atoms with van der Waals surface area (Å²) in [4.78, 5) is 0. The van der Waals surface area contributed by atoms with Crippen LogP contribution in [-0.2, 0) is 9.47 Å². The third kappa shape index (κ3) is 4.11. The zero-order valence-corrected chi connectivity index (χ0v) is 9.97. The van der Waals surface area contributed by atoms with Crippen LogP contribution in [0.25, 0.3) is 0 Å². The first-order valence-corrected chi connectivity index (χ1v) is 5.85. The normalized spacial score (nSPS) is 36.8. The molecule has 0 spiro atoms. The second-order valence-electron chi connectivity index (χ2n) is 4.06. The number of hydrogen-bond donors (Lipinski definition) is 6. The first kappa shape index (κ1) is 15.7. The third-order valence-corrected chi connectivity index (χ3v) is 2.75. The van der Waals surface area contributed by atoms with Crippen LogP contribution < -0.4 is 5.32 Å². The molecule has 0 aromatic rings. The Morgan fingerprint density at radius 3 is 2.39 bits per heavy atom. The number of ether oxygens (including phenoxy) is 2. The van der Waals surface area contributed by atoms with Crippen LogP contribution in [0.5, 0.6) is 0 Å². The monoisotopic (exact) mass is 267 g/mol. The number of aliphatic hydroxyl groups is 5. The van der Waals surface area contributed by atoms with Gasteiger partial charge < -0.3 is 35.0 Å². The van der Waals surface area contributed by atoms with Crippen LogP contribution >= 0.6 is 0 Å². The molecule has 1 heterocycles. The van der Waals surface area contributed by atoms with Crippen LogP contribution in [0.4, 0.5) is 0 Å². The molecule has 108 valence electrons. The van der Waals surface area contributed by atoms with Crippen molar-refractivity contribution in [1.29, 1.82) is 0 Å². The number of aliphatic hydroxyl groups excluding tert-OH is 5. The van der Waals surface area contributed by atoms with Gasteiger partial charge in [-0.3, -0.25) is 5.32 Å². The highest BCUT2D eigenvalue weighted by Crippen LogP contribution is 2.23. The molecule has 0 bridgehead atoms. The van der Waals surface area contributed by atoms with E-state index in [2.05, 4.69) is 5.32 Å². The van der Waals surface area contributed by atoms with Crippen molar-refractivity contribution in [2.24, 2.45) is 0 Å². The van der Waals surface area contributed by atoms with Gasteiger partial charge in [0.15, 0.2) is 6.29 Å². The van der Waals surface area contributed by atoms with Crippen LogP contribution in [-0.4, -0.2) is 82.7 Å². The lowest BCUT2D eigenvalue weighted by Gasteiger charge is -2.40. The highest BCUT2D eigenvalue weighted by molar-refractivity contribution is 4.89. The number of rotatable bonds is 7. The molecule has 5 atom stereocenters. The predicted octanol–water partition coefficient (Wildman–Crippen LogP) is -3.27. The predicted molar refractivity (Wildman–Crippen MR) is 59.4 cm³/mol. The molecular weight excluding hydrogens is 246 g/mol. The van der Waals surface area contributed by atoms with Crippen LogP contribution in [0.1, 0.15) is 6.42 Å². The van der Waals surface area contributed by atoms with Crippen molar-refractivity contribution < 1.29 is 35.0 Å². The molecule has 1 fully saturated rings. The van der Waals surface area contributed by atoms with Crippen molar-refractivity contribution in [2.45, 2.75) is 37.1 Å². The van der Waals surface area contributed by atoms with Crippen molar-refractivity contribution >= 4 is 0 Å². The maximum Gasteiger partial charge on any atom is 0.186 e. The van der Waals surface area contributed by atoms with Crippen molar-refractivity contribution in [3.8, 4) is 0 Å². The van der Waals surface area contributed by atoms with Gasteiger partial charge in [0.1, 0.15) is 18.3 Å². The molecule has 1 aliphatic rings. The molecule has 0 aliphatic carbocycles. The van der Waals surface area contributed by atoms with Crippen molar-refractivity contribution in [2.75, 3.05) is 26.5 Å². The Kier molecular flexibility index (Phi) is 6.97. The minimum atomic E-state index is -1.38. The molecule has 8 heteroatoms. The summed E-state index contributed by atoms with van der Waals surface area (Å²) in [6, 6.07) is 0. The summed E-state index contributed by atoms with van der Waals surface area (Å²) in [5.41, 5.74) is 0. The molecule has 18 heavy (non-hydrogen) atoms. The Morgan fingerprint density at radius 1 is 1.06 bits per heavy atom. The topological polar surface area (TPSA) is 132 Å². The van der Waals surface area contributed by atoms with Crippen molar-refractivity contribution in [1.82, 2.24) is 5.32 Å². The fourth-order valence-corrected chi connectivity index (χ4v) is 1.75. The lowest BCUT2D eigenvalue weighted by molar-refractivity contribution is -0.297. The lowest BCUT2D eigenvalue weighted by Crippen LogP contribution is -2.58. The second-order valence-corrected chi connectivity index (χ2v) is 4.06. The van der Waals surface area contributed by atoms with Crippen LogP contribution in [0.15, 0.2) is 0 Å². The van der Waals surface area contributed by atoms with Gasteiger partial charge in [-0.05, 0) is 6.42 Å². The van der Waals surface area contributed by atoms with E-state index in [1.165, 1.54) is 0 Å². The maximum absolute atomic E-state index is 9.66. The molecule has 0 aromatic heterocycles. The molecule has 0 unspecified atom stereocenters. The van der Waals surface area contributed by atoms with E-state index in [0.29, 0.717) is 6.54 Å². The molecule has 0 aromatic carbocycles. The van der Waals surface area contributed by atoms with Gasteiger partial charge in [-0.15, -0.1) is 0 Å². The van der Waals surface area contributed by atoms with Gasteiger partial charge in [0.2, 0.25) is 0 Å². The van der Waals surface area contributed by atoms with Gasteiger partial charge in [0, 0.05) is 13.2 Å². The zero-order chi connectivity index (χ0) is 13.5. The quantitative estimate of drug-likeness (QED) is 0.209. The summed E-state index contributed by atoms with van der Waals surface area (Å²) in [6.07, 6.45) is -5.72. The third-order valence-electron chi connectivity index (χ3n) is 2.75. The van der Waals surface area contributed by atoms with E-state index >= 15 is 0 Å². The Hall–Kier alpha value is -0.320. The van der Waals surface area contributed by atoms with Crippen molar-refractivity contribution in [3.05, 3.63) is 0 Å². The highest BCUT2D eigenvalue weighted by atomic mass is 16.7. The van der Waals surface area contributed by atoms with Crippen molar-refractivity contribution in [3.63, 3.8) is 0 Å². The Labute approximate surface area is 105 Å². The van der Waals surface area contributed by atoms with E-state index in [4.69, 9.17) is 19.7 Å². The zero-order valence-electron chi connectivity index (χ0n) is 9.97. The van der Waals surface area contributed by atoms with Crippen LogP contribution in [0.2, 0.25) is 0 Å². The first-order chi connectivity index (χ1) is 8.61. The molecule has 1 rings (SSSR count). The Balaban J connectivity index is 2.45. The summed E-state index contributed by atoms with van der Waals surface area (Å²) in [7, 11) is 0. The van der Waals surface area contributed by atoms with E-state index < -0.39 is 30.7 Å². The fraction of sp³-hybridized carbons (Fsp3) is 1.00. The molecule has 8 nitrogen and oxygen atoms in total. The van der Waals surface area contributed by atoms with E-state index in [0.717, 1.165) is 0 Å². The fourth-order valence-electron chi connectivity index (χ4n) is 1.75. The summed E-state index contributed by atoms with van der Waals surface area (Å²) >= 11 is 0. The van der Waals surface area contributed by atoms with Gasteiger partial charge in [0.25, 0.3) is 0 Å². The Bertz CT molecular complexity index is 230. The van der Waals surface area contributed by atoms with E-state index in [1.807, 2.05) is 0 Å². The van der Waals surface area contributed by atoms with E-state index in [1.54, 1.807) is 0 Å². The first-order valence-electron chi connectivity index (χ1n) is 5.85. The molecule has 0 amide bonds. The average molecular weight is 267 g/mol. The van der Waals surface area contributed by atoms with Gasteiger partial charge in [-0.2, -0.15) is 0 Å². The van der Waals surface area contributed by atoms with Crippen LogP contribution in [0, 0.1) is 0 Å². The molecule has 1 saturated heterocycles. The molecule has 0 saturated carbocycles. The van der Waals surface area contributed by atoms with Gasteiger partial charge in [-0.1, -0.05) is 0 Å². The molecule has 0 radical (unpaired) electrons. The highest BCUT2D eigenvalue weighted by Gasteiger charge is 2.43. The summed E-state index contributed by atoms with van der Waals surface area (Å²) in [5, 5.41) is 48.8. The molecule has 1 aliphatic heterocycles. The van der Waals surface area contributed by atoms with Crippen LogP contribution in [0.3, 0.4) is 0 Å². The van der Waals surface area contributed by atoms with Gasteiger partial charge in [0.05, 0.1) is 19.4 Å². The second kappa shape index (κ2) is 7.97. The molecule has 6 N–H and O–H groups in total. The number of nitrogens with one attached hydrogen (secondary N) is 1. The minimum Gasteiger partial charge on any atom is -0.396 e. The average Bonchev–Trinajstić information content (AvgIpc) is 2.37. The standard InChI is InChI=1S/C10H21NO7/c12-3-1-6-7(14)8(15)9(16)10(18-6)17-4-2-11-5-13/h6-16H,1-5H2/t6-,7-,8+,9+,10+/m1/s1. The number of hydrogen-bond acceptors (Lipinski definition) is 8.